The van der Waals surface area contributed by atoms with Gasteiger partial charge in [0.15, 0.2) is 0 Å². The van der Waals surface area contributed by atoms with E-state index >= 15 is 0 Å². The maximum atomic E-state index is 6.77. The van der Waals surface area contributed by atoms with Gasteiger partial charge in [-0.1, -0.05) is 133 Å². The Morgan fingerprint density at radius 2 is 1.00 bits per heavy atom. The molecule has 0 spiro atoms. The van der Waals surface area contributed by atoms with E-state index in [9.17, 15) is 0 Å². The number of fused-ring (bicyclic) bond motifs is 1. The van der Waals surface area contributed by atoms with E-state index in [4.69, 9.17) is 12.8 Å². The van der Waals surface area contributed by atoms with Crippen molar-refractivity contribution in [2.75, 3.05) is 0 Å². The first-order valence-corrected chi connectivity index (χ1v) is 22.1. The van der Waals surface area contributed by atoms with Crippen LogP contribution in [0.25, 0.3) is 38.9 Å². The van der Waals surface area contributed by atoms with Gasteiger partial charge in [0.25, 0.3) is 0 Å². The zero-order valence-electron chi connectivity index (χ0n) is 40.3. The predicted molar refractivity (Wildman–Crippen MR) is 323 cm³/mol. The van der Waals surface area contributed by atoms with Crippen molar-refractivity contribution in [3.8, 4) is 46.9 Å². The average molecular weight is 762 g/mol. The zero-order chi connectivity index (χ0) is 44.9. The Kier molecular flexibility index (Phi) is 13.5. The maximum absolute atomic E-state index is 6.77. The quantitative estimate of drug-likeness (QED) is 0.114. The first kappa shape index (κ1) is 45.8. The van der Waals surface area contributed by atoms with Crippen molar-refractivity contribution in [2.45, 2.75) is 12.7 Å². The molecule has 1 aliphatic rings. The molecule has 5 aromatic rings. The summed E-state index contributed by atoms with van der Waals surface area (Å²) in [4.78, 5) is 0. The Labute approximate surface area is 382 Å². The Bertz CT molecular complexity index is 3010. The summed E-state index contributed by atoms with van der Waals surface area (Å²) in [5, 5.41) is 2.66. The number of benzene rings is 5. The first-order chi connectivity index (χ1) is 28.8. The van der Waals surface area contributed by atoms with Gasteiger partial charge in [-0.25, -0.2) is 0 Å². The molecule has 0 atom stereocenters. The molecule has 0 aromatic heterocycles. The molecule has 0 saturated carbocycles. The molecule has 5 aromatic carbocycles. The Morgan fingerprint density at radius 1 is 0.525 bits per heavy atom. The molecular formula is C44H49B17. The van der Waals surface area contributed by atoms with Gasteiger partial charge >= 0.3 is 0 Å². The van der Waals surface area contributed by atoms with Crippen LogP contribution in [0.15, 0.2) is 82.1 Å². The second kappa shape index (κ2) is 17.9. The maximum Gasteiger partial charge on any atom is 0.149 e. The van der Waals surface area contributed by atoms with Crippen molar-refractivity contribution in [3.05, 3.63) is 115 Å². The molecule has 0 N–H and O–H groups in total. The van der Waals surface area contributed by atoms with Gasteiger partial charge in [-0.2, -0.15) is 0 Å². The van der Waals surface area contributed by atoms with E-state index in [1.807, 2.05) is 0 Å². The second-order valence-corrected chi connectivity index (χ2v) is 17.9. The second-order valence-electron chi connectivity index (χ2n) is 17.9. The highest BCUT2D eigenvalue weighted by atomic mass is 14.3. The molecule has 0 radical (unpaired) electrons. The third kappa shape index (κ3) is 7.65. The smallest absolute Gasteiger partial charge is 0.123 e. The Balaban J connectivity index is 1.87. The van der Waals surface area contributed by atoms with Crippen molar-refractivity contribution in [2.24, 2.45) is 0 Å². The summed E-state index contributed by atoms with van der Waals surface area (Å²) in [7, 11) is 38.8. The van der Waals surface area contributed by atoms with Crippen LogP contribution in [0.4, 0.5) is 0 Å². The number of allylic oxidation sites excluding steroid dienone is 5. The van der Waals surface area contributed by atoms with Crippen LogP contribution in [-0.2, 0) is 0 Å². The molecule has 1 aliphatic carbocycles. The number of hydrogen-bond acceptors (Lipinski definition) is 0. The molecule has 61 heavy (non-hydrogen) atoms. The van der Waals surface area contributed by atoms with Crippen LogP contribution >= 0.6 is 0 Å². The van der Waals surface area contributed by atoms with E-state index in [0.717, 1.165) is 29.2 Å². The first-order valence-electron chi connectivity index (χ1n) is 22.1. The van der Waals surface area contributed by atoms with Gasteiger partial charge in [-0.15, -0.1) is 34.7 Å². The van der Waals surface area contributed by atoms with Crippen LogP contribution in [0.3, 0.4) is 0 Å². The van der Waals surface area contributed by atoms with Crippen molar-refractivity contribution < 1.29 is 0 Å². The lowest BCUT2D eigenvalue weighted by Crippen LogP contribution is -2.66. The third-order valence-electron chi connectivity index (χ3n) is 15.2. The van der Waals surface area contributed by atoms with Gasteiger partial charge < -0.3 is 0 Å². The molecule has 0 fully saturated rings. The highest BCUT2D eigenvalue weighted by molar-refractivity contribution is 6.65. The topological polar surface area (TPSA) is 0 Å². The van der Waals surface area contributed by atoms with Gasteiger partial charge in [0.1, 0.15) is 133 Å². The SMILES string of the molecule is BC/C(B)=C(/B)c1c(B)c(B)c(B)c(C2=c3c(B)c(B)c(B)c(B)c3=C(c3c(B)c(B)c(-c4ccc(-c5ccccc5)cc4)c(B)c3B)C/C2=C(B)\C(B)=C(\B)C#C)c1C#C. The summed E-state index contributed by atoms with van der Waals surface area (Å²) in [6.45, 7) is 0. The minimum absolute atomic E-state index is 0.756. The monoisotopic (exact) mass is 765 g/mol. The summed E-state index contributed by atoms with van der Waals surface area (Å²) < 4.78 is 0. The number of hydrogen-bond donors (Lipinski definition) is 0. The normalized spacial score (nSPS) is 14.0. The van der Waals surface area contributed by atoms with Crippen molar-refractivity contribution in [1.82, 2.24) is 0 Å². The van der Waals surface area contributed by atoms with Crippen LogP contribution in [0.2, 0.25) is 6.32 Å². The van der Waals surface area contributed by atoms with Crippen molar-refractivity contribution in [3.63, 3.8) is 0 Å². The van der Waals surface area contributed by atoms with Gasteiger partial charge in [0.05, 0.1) is 0 Å². The van der Waals surface area contributed by atoms with Gasteiger partial charge in [0.2, 0.25) is 0 Å². The van der Waals surface area contributed by atoms with E-state index in [1.165, 1.54) is 143 Å². The predicted octanol–water partition coefficient (Wildman–Crippen LogP) is -16.4. The van der Waals surface area contributed by atoms with Crippen LogP contribution in [-0.4, -0.2) is 133 Å². The molecule has 6 rings (SSSR count). The fourth-order valence-electron chi connectivity index (χ4n) is 10.2. The fraction of sp³-hybridized carbons (Fsp3) is 0.0455. The molecule has 0 heterocycles. The fourth-order valence-corrected chi connectivity index (χ4v) is 10.2. The van der Waals surface area contributed by atoms with Crippen molar-refractivity contribution in [1.29, 1.82) is 0 Å². The molecular weight excluding hydrogens is 712 g/mol. The Hall–Kier alpha value is -4.72. The summed E-state index contributed by atoms with van der Waals surface area (Å²) >= 11 is 0. The van der Waals surface area contributed by atoms with Gasteiger partial charge in [0, 0.05) is 5.56 Å². The van der Waals surface area contributed by atoms with Gasteiger partial charge in [-0.3, -0.25) is 0 Å². The van der Waals surface area contributed by atoms with E-state index < -0.39 is 0 Å². The molecule has 0 unspecified atom stereocenters. The molecule has 17 heteroatoms. The van der Waals surface area contributed by atoms with Crippen LogP contribution in [0, 0.1) is 24.7 Å². The molecule has 0 aliphatic heterocycles. The lowest BCUT2D eigenvalue weighted by molar-refractivity contribution is 1.24. The number of rotatable bonds is 7. The lowest BCUT2D eigenvalue weighted by atomic mass is 9.57. The molecule has 0 amide bonds. The van der Waals surface area contributed by atoms with Gasteiger partial charge in [-0.05, 0) is 78.0 Å². The molecule has 0 saturated heterocycles. The van der Waals surface area contributed by atoms with Crippen LogP contribution in [0.5, 0.6) is 0 Å². The number of terminal acetylenes is 2. The summed E-state index contributed by atoms with van der Waals surface area (Å²) in [6.07, 6.45) is 14.7. The Morgan fingerprint density at radius 3 is 1.52 bits per heavy atom. The average Bonchev–Trinajstić information content (AvgIpc) is 3.27. The molecule has 276 valence electrons. The van der Waals surface area contributed by atoms with E-state index in [0.29, 0.717) is 0 Å². The van der Waals surface area contributed by atoms with E-state index in [-0.39, 0.29) is 0 Å². The van der Waals surface area contributed by atoms with Crippen molar-refractivity contribution >= 4 is 210 Å². The highest BCUT2D eigenvalue weighted by Gasteiger charge is 2.30. The third-order valence-corrected chi connectivity index (χ3v) is 15.2. The lowest BCUT2D eigenvalue weighted by Gasteiger charge is -2.33. The highest BCUT2D eigenvalue weighted by Crippen LogP contribution is 2.35. The minimum Gasteiger partial charge on any atom is -0.123 e. The largest absolute Gasteiger partial charge is 0.149 e. The van der Waals surface area contributed by atoms with E-state index in [2.05, 4.69) is 200 Å². The molecule has 0 nitrogen and oxygen atoms in total. The molecule has 0 bridgehead atoms. The summed E-state index contributed by atoms with van der Waals surface area (Å²) in [5.74, 6) is 6.32. The summed E-state index contributed by atoms with van der Waals surface area (Å²) in [5.41, 5.74) is 34.2. The van der Waals surface area contributed by atoms with Crippen LogP contribution in [0.1, 0.15) is 28.7 Å². The van der Waals surface area contributed by atoms with E-state index in [1.54, 1.807) is 0 Å². The van der Waals surface area contributed by atoms with Crippen LogP contribution < -0.4 is 70.5 Å². The standard InChI is InChI=1S/C44H49B17/c1-3-19-26(36(53)42(59)40(57)28(19)32(49)23(47)15-45)25-21(31(48)33(50)22(46)4-2)14-20(27-30(25)41(58)44(61)43(60)37(27)54)29-38(55)34(51)24(35(52)39(29)56)18-12-10-17(11-13-18)16-8-6-5-7-9-16/h1-2,5-13H,14-15,45-61H2/b31-21-,32-23-,33-22-. The minimum atomic E-state index is 0.756. The summed E-state index contributed by atoms with van der Waals surface area (Å²) in [6, 6.07) is 19.8. The zero-order valence-corrected chi connectivity index (χ0v) is 40.3.